The average Bonchev–Trinajstić information content (AvgIpc) is 2.20. The van der Waals surface area contributed by atoms with E-state index in [0.717, 1.165) is 12.3 Å². The largest absolute Gasteiger partial charge is 0.393 e. The van der Waals surface area contributed by atoms with E-state index in [0.29, 0.717) is 10.2 Å². The van der Waals surface area contributed by atoms with Crippen LogP contribution in [0.25, 0.3) is 0 Å². The second-order valence-electron chi connectivity index (χ2n) is 4.97. The first-order chi connectivity index (χ1) is 7.86. The zero-order valence-corrected chi connectivity index (χ0v) is 12.6. The number of amides is 1. The molecule has 3 atom stereocenters. The number of thiocarbonyl (C=S) groups is 1. The third-order valence-corrected chi connectivity index (χ3v) is 5.00. The first-order valence-electron chi connectivity index (χ1n) is 6.07. The van der Waals surface area contributed by atoms with Crippen LogP contribution in [0.5, 0.6) is 0 Å². The molecule has 0 aromatic carbocycles. The Balaban J connectivity index is 2.83. The summed E-state index contributed by atoms with van der Waals surface area (Å²) in [6.07, 6.45) is 0. The summed E-state index contributed by atoms with van der Waals surface area (Å²) in [6.45, 7) is 9.06. The van der Waals surface area contributed by atoms with Crippen LogP contribution in [0.15, 0.2) is 0 Å². The van der Waals surface area contributed by atoms with Crippen molar-refractivity contribution >= 4 is 34.9 Å². The van der Waals surface area contributed by atoms with E-state index in [4.69, 9.17) is 18.0 Å². The molecule has 0 aromatic heterocycles. The zero-order valence-electron chi connectivity index (χ0n) is 11.0. The van der Waals surface area contributed by atoms with Gasteiger partial charge in [0.05, 0.1) is 10.9 Å². The van der Waals surface area contributed by atoms with Crippen LogP contribution in [-0.2, 0) is 4.79 Å². The molecule has 0 spiro atoms. The minimum Gasteiger partial charge on any atom is -0.393 e. The van der Waals surface area contributed by atoms with Crippen molar-refractivity contribution in [2.45, 2.75) is 39.0 Å². The lowest BCUT2D eigenvalue weighted by molar-refractivity contribution is -0.136. The van der Waals surface area contributed by atoms with Crippen LogP contribution in [-0.4, -0.2) is 39.4 Å². The van der Waals surface area contributed by atoms with Crippen molar-refractivity contribution in [2.75, 3.05) is 12.3 Å². The molecule has 1 amide bonds. The van der Waals surface area contributed by atoms with E-state index >= 15 is 0 Å². The fraction of sp³-hybridized carbons (Fsp3) is 0.833. The van der Waals surface area contributed by atoms with Crippen molar-refractivity contribution < 1.29 is 4.79 Å². The molecule has 1 saturated heterocycles. The molecular formula is C12H22N2OS2. The summed E-state index contributed by atoms with van der Waals surface area (Å²) in [4.78, 5) is 14.8. The summed E-state index contributed by atoms with van der Waals surface area (Å²) >= 11 is 6.95. The molecule has 1 rings (SSSR count). The predicted octanol–water partition coefficient (Wildman–Crippen LogP) is 1.90. The third kappa shape index (κ3) is 3.35. The summed E-state index contributed by atoms with van der Waals surface area (Å²) in [7, 11) is 0. The van der Waals surface area contributed by atoms with E-state index in [9.17, 15) is 4.79 Å². The molecule has 1 heterocycles. The Kier molecular flexibility index (Phi) is 5.25. The Bertz CT molecular complexity index is 307. The maximum absolute atomic E-state index is 12.5. The van der Waals surface area contributed by atoms with Crippen molar-refractivity contribution in [3.8, 4) is 0 Å². The SMILES string of the molecule is CC(C)C(C(=O)N1CCSC(C)C1C)C(N)=S. The summed E-state index contributed by atoms with van der Waals surface area (Å²) in [5.74, 6) is 0.950. The molecule has 17 heavy (non-hydrogen) atoms. The first kappa shape index (κ1) is 14.8. The lowest BCUT2D eigenvalue weighted by atomic mass is 9.93. The quantitative estimate of drug-likeness (QED) is 0.799. The summed E-state index contributed by atoms with van der Waals surface area (Å²) < 4.78 is 0. The van der Waals surface area contributed by atoms with Gasteiger partial charge in [-0.1, -0.05) is 33.0 Å². The molecular weight excluding hydrogens is 252 g/mol. The maximum atomic E-state index is 12.5. The van der Waals surface area contributed by atoms with Gasteiger partial charge in [0.15, 0.2) is 0 Å². The van der Waals surface area contributed by atoms with Gasteiger partial charge in [-0.2, -0.15) is 11.8 Å². The predicted molar refractivity (Wildman–Crippen MR) is 78.2 cm³/mol. The van der Waals surface area contributed by atoms with Gasteiger partial charge in [0, 0.05) is 23.6 Å². The molecule has 0 bridgehead atoms. The van der Waals surface area contributed by atoms with E-state index < -0.39 is 0 Å². The number of hydrogen-bond acceptors (Lipinski definition) is 3. The Hall–Kier alpha value is -0.290. The number of thioether (sulfide) groups is 1. The molecule has 1 aliphatic heterocycles. The zero-order chi connectivity index (χ0) is 13.2. The van der Waals surface area contributed by atoms with Crippen LogP contribution in [0.3, 0.4) is 0 Å². The Morgan fingerprint density at radius 3 is 2.53 bits per heavy atom. The lowest BCUT2D eigenvalue weighted by Crippen LogP contribution is -2.52. The highest BCUT2D eigenvalue weighted by Gasteiger charge is 2.35. The fourth-order valence-electron chi connectivity index (χ4n) is 2.16. The van der Waals surface area contributed by atoms with Crippen LogP contribution < -0.4 is 5.73 Å². The van der Waals surface area contributed by atoms with Crippen molar-refractivity contribution in [1.82, 2.24) is 4.90 Å². The highest BCUT2D eigenvalue weighted by Crippen LogP contribution is 2.27. The number of nitrogens with two attached hydrogens (primary N) is 1. The molecule has 98 valence electrons. The molecule has 0 aliphatic carbocycles. The van der Waals surface area contributed by atoms with Crippen molar-refractivity contribution in [1.29, 1.82) is 0 Å². The highest BCUT2D eigenvalue weighted by molar-refractivity contribution is 8.00. The average molecular weight is 274 g/mol. The van der Waals surface area contributed by atoms with Crippen LogP contribution in [0, 0.1) is 11.8 Å². The Labute approximate surface area is 113 Å². The van der Waals surface area contributed by atoms with E-state index in [1.54, 1.807) is 0 Å². The number of hydrogen-bond donors (Lipinski definition) is 1. The Morgan fingerprint density at radius 1 is 1.47 bits per heavy atom. The van der Waals surface area contributed by atoms with Crippen molar-refractivity contribution in [3.63, 3.8) is 0 Å². The second kappa shape index (κ2) is 6.05. The molecule has 0 saturated carbocycles. The van der Waals surface area contributed by atoms with Crippen LogP contribution >= 0.6 is 24.0 Å². The van der Waals surface area contributed by atoms with Crippen LogP contribution in [0.2, 0.25) is 0 Å². The summed E-state index contributed by atoms with van der Waals surface area (Å²) in [5, 5.41) is 0.479. The maximum Gasteiger partial charge on any atom is 0.233 e. The fourth-order valence-corrected chi connectivity index (χ4v) is 3.63. The lowest BCUT2D eigenvalue weighted by Gasteiger charge is -2.39. The molecule has 1 aliphatic rings. The summed E-state index contributed by atoms with van der Waals surface area (Å²) in [5.41, 5.74) is 5.70. The van der Waals surface area contributed by atoms with E-state index in [1.165, 1.54) is 0 Å². The molecule has 5 heteroatoms. The number of nitrogens with zero attached hydrogens (tertiary/aromatic N) is 1. The molecule has 3 nitrogen and oxygen atoms in total. The van der Waals surface area contributed by atoms with Crippen LogP contribution in [0.4, 0.5) is 0 Å². The van der Waals surface area contributed by atoms with Gasteiger partial charge in [-0.05, 0) is 12.8 Å². The standard InChI is InChI=1S/C12H22N2OS2/c1-7(2)10(11(13)16)12(15)14-5-6-17-9(4)8(14)3/h7-10H,5-6H2,1-4H3,(H2,13,16). The highest BCUT2D eigenvalue weighted by atomic mass is 32.2. The summed E-state index contributed by atoms with van der Waals surface area (Å²) in [6, 6.07) is 0.261. The monoisotopic (exact) mass is 274 g/mol. The van der Waals surface area contributed by atoms with Gasteiger partial charge >= 0.3 is 0 Å². The Morgan fingerprint density at radius 2 is 2.06 bits per heavy atom. The normalized spacial score (nSPS) is 27.0. The van der Waals surface area contributed by atoms with Gasteiger partial charge in [-0.25, -0.2) is 0 Å². The number of rotatable bonds is 3. The minimum absolute atomic E-state index is 0.104. The van der Waals surface area contributed by atoms with E-state index in [2.05, 4.69) is 13.8 Å². The topological polar surface area (TPSA) is 46.3 Å². The molecule has 2 N–H and O–H groups in total. The second-order valence-corrected chi connectivity index (χ2v) is 6.93. The molecule has 0 radical (unpaired) electrons. The molecule has 3 unspecified atom stereocenters. The van der Waals surface area contributed by atoms with E-state index in [1.807, 2.05) is 30.5 Å². The molecule has 1 fully saturated rings. The van der Waals surface area contributed by atoms with Gasteiger partial charge in [0.1, 0.15) is 0 Å². The number of carbonyl (C=O) groups is 1. The minimum atomic E-state index is -0.317. The van der Waals surface area contributed by atoms with Crippen LogP contribution in [0.1, 0.15) is 27.7 Å². The van der Waals surface area contributed by atoms with Gasteiger partial charge < -0.3 is 10.6 Å². The number of carbonyl (C=O) groups excluding carboxylic acids is 1. The first-order valence-corrected chi connectivity index (χ1v) is 7.53. The van der Waals surface area contributed by atoms with Crippen molar-refractivity contribution in [2.24, 2.45) is 17.6 Å². The van der Waals surface area contributed by atoms with E-state index in [-0.39, 0.29) is 23.8 Å². The van der Waals surface area contributed by atoms with Gasteiger partial charge in [-0.15, -0.1) is 0 Å². The third-order valence-electron chi connectivity index (χ3n) is 3.41. The smallest absolute Gasteiger partial charge is 0.233 e. The van der Waals surface area contributed by atoms with Crippen molar-refractivity contribution in [3.05, 3.63) is 0 Å². The van der Waals surface area contributed by atoms with Gasteiger partial charge in [-0.3, -0.25) is 4.79 Å². The van der Waals surface area contributed by atoms with Gasteiger partial charge in [0.25, 0.3) is 0 Å². The van der Waals surface area contributed by atoms with Gasteiger partial charge in [0.2, 0.25) is 5.91 Å². The molecule has 0 aromatic rings.